The van der Waals surface area contributed by atoms with Crippen molar-refractivity contribution >= 4 is 43.3 Å². The number of carbonyl (C=O) groups excluding carboxylic acids is 2. The van der Waals surface area contributed by atoms with Crippen LogP contribution in [0, 0.1) is 13.8 Å². The fraction of sp³-hybridized carbons (Fsp3) is 0.286. The van der Waals surface area contributed by atoms with Crippen LogP contribution in [0.25, 0.3) is 10.2 Å². The molecule has 1 aromatic heterocycles. The largest absolute Gasteiger partial charge is 0.468 e. The third-order valence-corrected chi connectivity index (χ3v) is 6.82. The summed E-state index contributed by atoms with van der Waals surface area (Å²) in [5, 5.41) is 0. The van der Waals surface area contributed by atoms with Gasteiger partial charge in [-0.1, -0.05) is 35.1 Å². The van der Waals surface area contributed by atoms with E-state index in [1.54, 1.807) is 10.6 Å². The van der Waals surface area contributed by atoms with Gasteiger partial charge in [-0.15, -0.1) is 0 Å². The number of hydrogen-bond acceptors (Lipinski definition) is 6. The van der Waals surface area contributed by atoms with Gasteiger partial charge in [-0.2, -0.15) is 4.99 Å². The minimum Gasteiger partial charge on any atom is -0.468 e. The molecule has 158 valence electrons. The first-order valence-corrected chi connectivity index (χ1v) is 11.8. The number of aryl methyl sites for hydroxylation is 2. The fourth-order valence-corrected chi connectivity index (χ4v) is 4.82. The highest BCUT2D eigenvalue weighted by atomic mass is 32.2. The Bertz CT molecular complexity index is 1320. The molecule has 0 aliphatic carbocycles. The number of rotatable bonds is 5. The van der Waals surface area contributed by atoms with Crippen LogP contribution in [0.4, 0.5) is 0 Å². The van der Waals surface area contributed by atoms with Crippen molar-refractivity contribution in [3.63, 3.8) is 0 Å². The van der Waals surface area contributed by atoms with Gasteiger partial charge in [0.2, 0.25) is 0 Å². The molecule has 0 aliphatic heterocycles. The highest BCUT2D eigenvalue weighted by Crippen LogP contribution is 2.22. The van der Waals surface area contributed by atoms with Crippen molar-refractivity contribution in [3.05, 3.63) is 57.9 Å². The Labute approximate surface area is 178 Å². The molecular weight excluding hydrogens is 424 g/mol. The van der Waals surface area contributed by atoms with Gasteiger partial charge in [0.15, 0.2) is 14.6 Å². The normalized spacial score (nSPS) is 12.3. The summed E-state index contributed by atoms with van der Waals surface area (Å²) >= 11 is 1.16. The monoisotopic (exact) mass is 446 g/mol. The lowest BCUT2D eigenvalue weighted by molar-refractivity contribution is -0.141. The molecule has 0 saturated heterocycles. The van der Waals surface area contributed by atoms with Crippen molar-refractivity contribution in [1.82, 2.24) is 4.57 Å². The Balaban J connectivity index is 2.09. The molecule has 2 aromatic carbocycles. The molecule has 0 unspecified atom stereocenters. The Morgan fingerprint density at radius 1 is 1.13 bits per heavy atom. The lowest BCUT2D eigenvalue weighted by atomic mass is 10.0. The molecule has 1 heterocycles. The standard InChI is InChI=1S/C21H22N2O5S2/c1-13-5-6-14(2)15(9-13)10-19(24)22-21-23(12-20(25)28-3)17-8-7-16(30(4,26)27)11-18(17)29-21/h5-9,11H,10,12H2,1-4H3. The summed E-state index contributed by atoms with van der Waals surface area (Å²) in [5.74, 6) is -0.845. The Hall–Kier alpha value is -2.78. The molecule has 30 heavy (non-hydrogen) atoms. The number of esters is 1. The molecule has 0 saturated carbocycles. The van der Waals surface area contributed by atoms with Crippen molar-refractivity contribution in [2.24, 2.45) is 4.99 Å². The first-order chi connectivity index (χ1) is 14.1. The van der Waals surface area contributed by atoms with Crippen molar-refractivity contribution in [2.75, 3.05) is 13.4 Å². The van der Waals surface area contributed by atoms with E-state index in [4.69, 9.17) is 4.74 Å². The minimum atomic E-state index is -3.39. The second-order valence-corrected chi connectivity index (χ2v) is 10.1. The lowest BCUT2D eigenvalue weighted by Crippen LogP contribution is -2.22. The van der Waals surface area contributed by atoms with E-state index in [1.807, 2.05) is 32.0 Å². The van der Waals surface area contributed by atoms with Crippen LogP contribution in [-0.2, 0) is 37.1 Å². The van der Waals surface area contributed by atoms with Crippen LogP contribution in [0.15, 0.2) is 46.3 Å². The molecule has 0 aliphatic rings. The number of amides is 1. The van der Waals surface area contributed by atoms with Gasteiger partial charge in [0.1, 0.15) is 6.54 Å². The summed E-state index contributed by atoms with van der Waals surface area (Å²) in [5.41, 5.74) is 3.56. The van der Waals surface area contributed by atoms with E-state index < -0.39 is 15.8 Å². The third-order valence-electron chi connectivity index (χ3n) is 4.66. The molecule has 0 fully saturated rings. The molecule has 7 nitrogen and oxygen atoms in total. The predicted molar refractivity (Wildman–Crippen MR) is 115 cm³/mol. The number of sulfone groups is 1. The molecule has 1 amide bonds. The SMILES string of the molecule is COC(=O)Cn1c(=NC(=O)Cc2cc(C)ccc2C)sc2cc(S(C)(=O)=O)ccc21. The third kappa shape index (κ3) is 4.85. The summed E-state index contributed by atoms with van der Waals surface area (Å²) in [4.78, 5) is 29.3. The van der Waals surface area contributed by atoms with Crippen LogP contribution < -0.4 is 4.80 Å². The van der Waals surface area contributed by atoms with Crippen molar-refractivity contribution in [1.29, 1.82) is 0 Å². The highest BCUT2D eigenvalue weighted by Gasteiger charge is 2.15. The quantitative estimate of drug-likeness (QED) is 0.562. The van der Waals surface area contributed by atoms with Crippen LogP contribution in [0.1, 0.15) is 16.7 Å². The lowest BCUT2D eigenvalue weighted by Gasteiger charge is -2.05. The molecule has 3 aromatic rings. The van der Waals surface area contributed by atoms with Crippen LogP contribution in [0.2, 0.25) is 0 Å². The summed E-state index contributed by atoms with van der Waals surface area (Å²) in [6, 6.07) is 10.5. The number of methoxy groups -OCH3 is 1. The maximum absolute atomic E-state index is 12.7. The predicted octanol–water partition coefficient (Wildman–Crippen LogP) is 2.57. The van der Waals surface area contributed by atoms with E-state index in [0.717, 1.165) is 34.3 Å². The van der Waals surface area contributed by atoms with E-state index >= 15 is 0 Å². The Morgan fingerprint density at radius 3 is 2.53 bits per heavy atom. The summed E-state index contributed by atoms with van der Waals surface area (Å²) in [6.45, 7) is 3.76. The minimum absolute atomic E-state index is 0.134. The number of benzene rings is 2. The van der Waals surface area contributed by atoms with Crippen molar-refractivity contribution in [2.45, 2.75) is 31.7 Å². The molecule has 3 rings (SSSR count). The van der Waals surface area contributed by atoms with Crippen molar-refractivity contribution in [3.8, 4) is 0 Å². The second kappa shape index (κ2) is 8.53. The van der Waals surface area contributed by atoms with Gasteiger partial charge < -0.3 is 9.30 Å². The van der Waals surface area contributed by atoms with Crippen LogP contribution in [0.5, 0.6) is 0 Å². The average molecular weight is 447 g/mol. The van der Waals surface area contributed by atoms with Gasteiger partial charge in [0.25, 0.3) is 5.91 Å². The molecule has 0 radical (unpaired) electrons. The smallest absolute Gasteiger partial charge is 0.325 e. The number of ether oxygens (including phenoxy) is 1. The van der Waals surface area contributed by atoms with Gasteiger partial charge >= 0.3 is 5.97 Å². The number of nitrogens with zero attached hydrogens (tertiary/aromatic N) is 2. The highest BCUT2D eigenvalue weighted by molar-refractivity contribution is 7.90. The number of aromatic nitrogens is 1. The molecule has 0 bridgehead atoms. The first kappa shape index (κ1) is 21.9. The number of fused-ring (bicyclic) bond motifs is 1. The van der Waals surface area contributed by atoms with Crippen molar-refractivity contribution < 1.29 is 22.7 Å². The van der Waals surface area contributed by atoms with Crippen LogP contribution in [-0.4, -0.2) is 38.2 Å². The second-order valence-electron chi connectivity index (χ2n) is 7.06. The number of hydrogen-bond donors (Lipinski definition) is 0. The Morgan fingerprint density at radius 2 is 1.87 bits per heavy atom. The van der Waals surface area contributed by atoms with Gasteiger partial charge in [-0.05, 0) is 43.2 Å². The van der Waals surface area contributed by atoms with Crippen LogP contribution >= 0.6 is 11.3 Å². The topological polar surface area (TPSA) is 94.8 Å². The molecule has 9 heteroatoms. The van der Waals surface area contributed by atoms with E-state index in [2.05, 4.69) is 4.99 Å². The Kier molecular flexibility index (Phi) is 6.23. The molecule has 0 atom stereocenters. The first-order valence-electron chi connectivity index (χ1n) is 9.12. The van der Waals surface area contributed by atoms with Gasteiger partial charge in [-0.25, -0.2) is 8.42 Å². The van der Waals surface area contributed by atoms with Gasteiger partial charge in [-0.3, -0.25) is 9.59 Å². The number of thiazole rings is 1. The molecule has 0 N–H and O–H groups in total. The zero-order valence-electron chi connectivity index (χ0n) is 17.1. The van der Waals surface area contributed by atoms with E-state index in [0.29, 0.717) is 15.0 Å². The maximum atomic E-state index is 12.7. The summed E-state index contributed by atoms with van der Waals surface area (Å²) < 4.78 is 30.7. The van der Waals surface area contributed by atoms with Gasteiger partial charge in [0, 0.05) is 6.26 Å². The zero-order chi connectivity index (χ0) is 22.1. The van der Waals surface area contributed by atoms with Gasteiger partial charge in [0.05, 0.1) is 28.6 Å². The van der Waals surface area contributed by atoms with E-state index in [9.17, 15) is 18.0 Å². The van der Waals surface area contributed by atoms with Crippen LogP contribution in [0.3, 0.4) is 0 Å². The molecular formula is C21H22N2O5S2. The maximum Gasteiger partial charge on any atom is 0.325 e. The summed E-state index contributed by atoms with van der Waals surface area (Å²) in [6.07, 6.45) is 1.26. The summed E-state index contributed by atoms with van der Waals surface area (Å²) in [7, 11) is -2.11. The average Bonchev–Trinajstić information content (AvgIpc) is 3.00. The molecule has 0 spiro atoms. The zero-order valence-corrected chi connectivity index (χ0v) is 18.8. The van der Waals surface area contributed by atoms with E-state index in [-0.39, 0.29) is 23.8 Å². The number of carbonyl (C=O) groups is 2. The van der Waals surface area contributed by atoms with E-state index in [1.165, 1.54) is 19.2 Å². The fourth-order valence-electron chi connectivity index (χ4n) is 3.02.